The molecule has 0 spiro atoms. The van der Waals surface area contributed by atoms with Crippen molar-refractivity contribution in [3.8, 4) is 16.9 Å². The number of aromatic carboxylic acids is 1. The van der Waals surface area contributed by atoms with Gasteiger partial charge in [-0.3, -0.25) is 0 Å². The second-order valence-electron chi connectivity index (χ2n) is 4.52. The van der Waals surface area contributed by atoms with Gasteiger partial charge in [0.05, 0.1) is 10.6 Å². The Hall–Kier alpha value is -2.21. The van der Waals surface area contributed by atoms with Gasteiger partial charge >= 0.3 is 12.3 Å². The maximum atomic E-state index is 12.2. The molecule has 0 amide bonds. The van der Waals surface area contributed by atoms with Crippen molar-refractivity contribution < 1.29 is 27.8 Å². The third kappa shape index (κ3) is 3.71. The number of aryl methyl sites for hydroxylation is 1. The summed E-state index contributed by atoms with van der Waals surface area (Å²) < 4.78 is 40.3. The molecule has 2 rings (SSSR count). The van der Waals surface area contributed by atoms with Gasteiger partial charge in [0.15, 0.2) is 0 Å². The summed E-state index contributed by atoms with van der Waals surface area (Å²) in [4.78, 5) is 10.9. The highest BCUT2D eigenvalue weighted by molar-refractivity contribution is 6.33. The molecule has 0 fully saturated rings. The van der Waals surface area contributed by atoms with Gasteiger partial charge in [-0.25, -0.2) is 4.79 Å². The van der Waals surface area contributed by atoms with Crippen LogP contribution in [-0.4, -0.2) is 17.4 Å². The summed E-state index contributed by atoms with van der Waals surface area (Å²) in [6, 6.07) is 8.04. The molecule has 0 saturated carbocycles. The third-order valence-corrected chi connectivity index (χ3v) is 3.25. The molecule has 0 saturated heterocycles. The van der Waals surface area contributed by atoms with Crippen molar-refractivity contribution in [1.29, 1.82) is 0 Å². The maximum Gasteiger partial charge on any atom is 0.573 e. The molecule has 1 N–H and O–H groups in total. The summed E-state index contributed by atoms with van der Waals surface area (Å²) in [5, 5.41) is 9.00. The van der Waals surface area contributed by atoms with Gasteiger partial charge in [-0.1, -0.05) is 17.7 Å². The molecule has 0 aliphatic heterocycles. The molecule has 2 aromatic carbocycles. The Bertz CT molecular complexity index is 726. The van der Waals surface area contributed by atoms with Gasteiger partial charge in [0.1, 0.15) is 5.75 Å². The van der Waals surface area contributed by atoms with Crippen LogP contribution in [0.3, 0.4) is 0 Å². The lowest BCUT2D eigenvalue weighted by Gasteiger charge is -2.12. The first kappa shape index (κ1) is 16.2. The molecule has 22 heavy (non-hydrogen) atoms. The summed E-state index contributed by atoms with van der Waals surface area (Å²) >= 11 is 6.00. The van der Waals surface area contributed by atoms with Gasteiger partial charge < -0.3 is 9.84 Å². The van der Waals surface area contributed by atoms with Gasteiger partial charge in [0.25, 0.3) is 0 Å². The van der Waals surface area contributed by atoms with E-state index in [1.807, 2.05) is 0 Å². The highest BCUT2D eigenvalue weighted by Crippen LogP contribution is 2.35. The largest absolute Gasteiger partial charge is 0.573 e. The maximum absolute atomic E-state index is 12.2. The minimum absolute atomic E-state index is 0.0768. The molecule has 0 unspecified atom stereocenters. The first-order valence-electron chi connectivity index (χ1n) is 6.07. The minimum atomic E-state index is -4.79. The van der Waals surface area contributed by atoms with Gasteiger partial charge in [0, 0.05) is 5.56 Å². The Balaban J connectivity index is 2.39. The van der Waals surface area contributed by atoms with Crippen molar-refractivity contribution in [3.05, 3.63) is 52.5 Å². The second kappa shape index (κ2) is 5.88. The van der Waals surface area contributed by atoms with E-state index < -0.39 is 18.1 Å². The van der Waals surface area contributed by atoms with Crippen LogP contribution >= 0.6 is 11.6 Å². The Morgan fingerprint density at radius 2 is 1.77 bits per heavy atom. The Kier molecular flexibility index (Phi) is 4.32. The molecule has 0 atom stereocenters. The number of alkyl halides is 3. The molecule has 0 heterocycles. The smallest absolute Gasteiger partial charge is 0.478 e. The van der Waals surface area contributed by atoms with E-state index in [1.165, 1.54) is 18.2 Å². The lowest BCUT2D eigenvalue weighted by molar-refractivity contribution is -0.274. The number of carboxylic acids is 1. The average Bonchev–Trinajstić information content (AvgIpc) is 2.37. The van der Waals surface area contributed by atoms with E-state index in [1.54, 1.807) is 13.0 Å². The quantitative estimate of drug-likeness (QED) is 0.869. The topological polar surface area (TPSA) is 46.5 Å². The summed E-state index contributed by atoms with van der Waals surface area (Å²) in [6.07, 6.45) is -4.79. The lowest BCUT2D eigenvalue weighted by Crippen LogP contribution is -2.17. The number of halogens is 4. The number of hydrogen-bond donors (Lipinski definition) is 1. The van der Waals surface area contributed by atoms with Crippen LogP contribution in [0.2, 0.25) is 5.02 Å². The number of ether oxygens (including phenoxy) is 1. The zero-order chi connectivity index (χ0) is 16.5. The molecule has 0 aliphatic carbocycles. The Labute approximate surface area is 128 Å². The van der Waals surface area contributed by atoms with Crippen molar-refractivity contribution in [1.82, 2.24) is 0 Å². The van der Waals surface area contributed by atoms with E-state index in [0.717, 1.165) is 12.1 Å². The first-order valence-corrected chi connectivity index (χ1v) is 6.45. The van der Waals surface area contributed by atoms with Crippen LogP contribution in [0, 0.1) is 6.92 Å². The summed E-state index contributed by atoms with van der Waals surface area (Å²) in [6.45, 7) is 1.69. The fourth-order valence-corrected chi connectivity index (χ4v) is 2.28. The molecule has 0 radical (unpaired) electrons. The summed E-state index contributed by atoms with van der Waals surface area (Å²) in [7, 11) is 0. The van der Waals surface area contributed by atoms with Crippen LogP contribution in [0.25, 0.3) is 11.1 Å². The van der Waals surface area contributed by atoms with Crippen molar-refractivity contribution in [2.45, 2.75) is 13.3 Å². The van der Waals surface area contributed by atoms with Crippen molar-refractivity contribution >= 4 is 17.6 Å². The van der Waals surface area contributed by atoms with E-state index in [4.69, 9.17) is 16.7 Å². The highest BCUT2D eigenvalue weighted by atomic mass is 35.5. The minimum Gasteiger partial charge on any atom is -0.478 e. The summed E-state index contributed by atoms with van der Waals surface area (Å²) in [5.74, 6) is -1.48. The van der Waals surface area contributed by atoms with Gasteiger partial charge in [-0.15, -0.1) is 13.2 Å². The number of carboxylic acid groups (broad SMARTS) is 1. The van der Waals surface area contributed by atoms with E-state index in [0.29, 0.717) is 16.7 Å². The normalized spacial score (nSPS) is 11.3. The lowest BCUT2D eigenvalue weighted by atomic mass is 9.98. The molecular weight excluding hydrogens is 321 g/mol. The van der Waals surface area contributed by atoms with Crippen molar-refractivity contribution in [2.75, 3.05) is 0 Å². The first-order chi connectivity index (χ1) is 10.2. The molecule has 0 aliphatic rings. The fourth-order valence-electron chi connectivity index (χ4n) is 2.01. The van der Waals surface area contributed by atoms with Crippen LogP contribution in [0.15, 0.2) is 36.4 Å². The molecular formula is C15H10ClF3O3. The number of carbonyl (C=O) groups is 1. The van der Waals surface area contributed by atoms with Crippen LogP contribution in [-0.2, 0) is 0 Å². The van der Waals surface area contributed by atoms with Gasteiger partial charge in [0.2, 0.25) is 0 Å². The zero-order valence-corrected chi connectivity index (χ0v) is 12.0. The molecule has 0 bridgehead atoms. The fraction of sp³-hybridized carbons (Fsp3) is 0.133. The highest BCUT2D eigenvalue weighted by Gasteiger charge is 2.31. The van der Waals surface area contributed by atoms with E-state index in [2.05, 4.69) is 4.74 Å². The third-order valence-electron chi connectivity index (χ3n) is 2.94. The number of hydrogen-bond acceptors (Lipinski definition) is 2. The molecule has 7 heteroatoms. The average molecular weight is 331 g/mol. The number of rotatable bonds is 3. The Morgan fingerprint density at radius 1 is 1.14 bits per heavy atom. The second-order valence-corrected chi connectivity index (χ2v) is 4.93. The molecule has 0 aromatic heterocycles. The van der Waals surface area contributed by atoms with Crippen molar-refractivity contribution in [3.63, 3.8) is 0 Å². The molecule has 2 aromatic rings. The zero-order valence-electron chi connectivity index (χ0n) is 11.2. The summed E-state index contributed by atoms with van der Waals surface area (Å²) in [5.41, 5.74) is 1.89. The van der Waals surface area contributed by atoms with E-state index in [9.17, 15) is 18.0 Å². The van der Waals surface area contributed by atoms with Crippen molar-refractivity contribution in [2.24, 2.45) is 0 Å². The van der Waals surface area contributed by atoms with Gasteiger partial charge in [-0.05, 0) is 48.4 Å². The van der Waals surface area contributed by atoms with Crippen LogP contribution < -0.4 is 4.74 Å². The molecule has 3 nitrogen and oxygen atoms in total. The Morgan fingerprint density at radius 3 is 2.27 bits per heavy atom. The van der Waals surface area contributed by atoms with Gasteiger partial charge in [-0.2, -0.15) is 0 Å². The van der Waals surface area contributed by atoms with Crippen LogP contribution in [0.4, 0.5) is 13.2 Å². The van der Waals surface area contributed by atoms with E-state index in [-0.39, 0.29) is 10.6 Å². The van der Waals surface area contributed by atoms with Crippen LogP contribution in [0.1, 0.15) is 15.9 Å². The predicted octanol–water partition coefficient (Wildman–Crippen LogP) is 4.91. The van der Waals surface area contributed by atoms with E-state index >= 15 is 0 Å². The molecule has 116 valence electrons. The standard InChI is InChI=1S/C15H10ClF3O3/c1-8-6-9(14(20)21)2-4-11(8)12-5-3-10(7-13(12)16)22-15(17,18)19/h2-7H,1H3,(H,20,21). The predicted molar refractivity (Wildman–Crippen MR) is 75.3 cm³/mol. The monoisotopic (exact) mass is 330 g/mol. The number of benzene rings is 2. The van der Waals surface area contributed by atoms with Crippen LogP contribution in [0.5, 0.6) is 5.75 Å². The SMILES string of the molecule is Cc1cc(C(=O)O)ccc1-c1ccc(OC(F)(F)F)cc1Cl.